The third kappa shape index (κ3) is 11.4. The molecule has 2 fully saturated rings. The third-order valence-electron chi connectivity index (χ3n) is 9.39. The van der Waals surface area contributed by atoms with Gasteiger partial charge in [0.05, 0.1) is 37.2 Å². The van der Waals surface area contributed by atoms with Crippen LogP contribution in [0.15, 0.2) is 60.9 Å². The van der Waals surface area contributed by atoms with Crippen LogP contribution in [0.1, 0.15) is 62.1 Å². The first-order chi connectivity index (χ1) is 26.7. The lowest BCUT2D eigenvalue weighted by atomic mass is 10.1. The molecule has 0 amide bonds. The molecule has 57 heavy (non-hydrogen) atoms. The largest absolute Gasteiger partial charge is 0.481 e. The number of halogens is 2. The fraction of sp³-hybridized carbons (Fsp3) is 0.415. The van der Waals surface area contributed by atoms with Crippen LogP contribution in [0.4, 0.5) is 0 Å². The van der Waals surface area contributed by atoms with Crippen LogP contribution >= 0.6 is 46.7 Å². The molecule has 0 bridgehead atoms. The first-order valence-corrected chi connectivity index (χ1v) is 20.3. The molecule has 2 saturated heterocycles. The van der Waals surface area contributed by atoms with E-state index in [1.165, 1.54) is 17.0 Å². The number of fused-ring (bicyclic) bond motifs is 2. The monoisotopic (exact) mass is 858 g/mol. The molecule has 6 aromatic heterocycles. The summed E-state index contributed by atoms with van der Waals surface area (Å²) >= 11 is 8.89. The highest BCUT2D eigenvalue weighted by molar-refractivity contribution is 7.21. The average Bonchev–Trinajstić information content (AvgIpc) is 4.07. The summed E-state index contributed by atoms with van der Waals surface area (Å²) in [6, 6.07) is 15.8. The second-order valence-electron chi connectivity index (χ2n) is 13.3. The molecule has 2 aliphatic rings. The van der Waals surface area contributed by atoms with Crippen molar-refractivity contribution in [1.29, 1.82) is 0 Å². The van der Waals surface area contributed by atoms with Gasteiger partial charge in [-0.2, -0.15) is 0 Å². The Bertz CT molecular complexity index is 2190. The molecule has 2 unspecified atom stereocenters. The SMILES string of the molecule is C.COc1ccc(C(=O)c2cc3cc(C)n(CCCl)c3s2)cn1.COc1ccc(C(=O)c2cc3cc(C)n(CCNC4CCOC4)c3s2)cn1.Cl.NC1CCOC1. The highest BCUT2D eigenvalue weighted by Gasteiger charge is 2.19. The van der Waals surface area contributed by atoms with E-state index < -0.39 is 0 Å². The number of ether oxygens (including phenoxy) is 4. The van der Waals surface area contributed by atoms with Crippen LogP contribution in [0.3, 0.4) is 0 Å². The average molecular weight is 860 g/mol. The second-order valence-corrected chi connectivity index (χ2v) is 15.7. The number of pyridine rings is 2. The maximum Gasteiger partial charge on any atom is 0.212 e. The van der Waals surface area contributed by atoms with E-state index >= 15 is 0 Å². The topological polar surface area (TPSA) is 145 Å². The number of nitrogens with one attached hydrogen (secondary N) is 1. The van der Waals surface area contributed by atoms with E-state index in [2.05, 4.69) is 43.5 Å². The number of thiophene rings is 2. The maximum absolute atomic E-state index is 12.8. The Hall–Kier alpha value is -3.86. The van der Waals surface area contributed by atoms with Gasteiger partial charge in [0, 0.05) is 109 Å². The van der Waals surface area contributed by atoms with Crippen molar-refractivity contribution in [2.75, 3.05) is 53.1 Å². The first-order valence-electron chi connectivity index (χ1n) is 18.2. The van der Waals surface area contributed by atoms with Gasteiger partial charge in [-0.25, -0.2) is 9.97 Å². The van der Waals surface area contributed by atoms with Gasteiger partial charge in [0.25, 0.3) is 0 Å². The Morgan fingerprint density at radius 3 is 1.72 bits per heavy atom. The normalized spacial score (nSPS) is 15.9. The number of carbonyl (C=O) groups is 2. The Balaban J connectivity index is 0.000000216. The zero-order valence-corrected chi connectivity index (χ0v) is 35.1. The quantitative estimate of drug-likeness (QED) is 0.0928. The predicted octanol–water partition coefficient (Wildman–Crippen LogP) is 7.70. The molecule has 2 atom stereocenters. The van der Waals surface area contributed by atoms with Crippen molar-refractivity contribution >= 4 is 78.7 Å². The van der Waals surface area contributed by atoms with Gasteiger partial charge in [-0.1, -0.05) is 7.43 Å². The Kier molecular flexibility index (Phi) is 17.5. The zero-order chi connectivity index (χ0) is 38.9. The standard InChI is InChI=1S/C20H23N3O3S.C16H15ClN2O2S.C4H9NO.CH4.ClH/c1-13-9-15-10-17(19(24)14-3-4-18(25-2)22-11-14)27-20(15)23(13)7-6-21-16-5-8-26-12-16;1-10-7-12-8-13(22-16(12)19(10)6-5-17)15(20)11-3-4-14(21-2)18-9-11;5-4-1-2-6-3-4;;/h3-4,9-11,16,21H,5-8,12H2,1-2H3;3-4,7-9H,5-6H2,1-2H3;4H,1-3,5H2;1H4;1H. The maximum atomic E-state index is 12.8. The summed E-state index contributed by atoms with van der Waals surface area (Å²) in [5, 5.41) is 5.75. The molecule has 0 spiro atoms. The molecule has 12 nitrogen and oxygen atoms in total. The number of hydrogen-bond acceptors (Lipinski definition) is 12. The first kappa shape index (κ1) is 45.8. The Morgan fingerprint density at radius 2 is 1.33 bits per heavy atom. The molecular weight excluding hydrogens is 808 g/mol. The van der Waals surface area contributed by atoms with E-state index in [0.29, 0.717) is 45.7 Å². The molecule has 308 valence electrons. The molecule has 0 radical (unpaired) electrons. The van der Waals surface area contributed by atoms with Gasteiger partial charge in [-0.3, -0.25) is 9.59 Å². The zero-order valence-electron chi connectivity index (χ0n) is 31.9. The minimum Gasteiger partial charge on any atom is -0.481 e. The molecule has 8 rings (SSSR count). The highest BCUT2D eigenvalue weighted by Crippen LogP contribution is 2.32. The van der Waals surface area contributed by atoms with Crippen molar-refractivity contribution in [2.45, 2.75) is 59.3 Å². The summed E-state index contributed by atoms with van der Waals surface area (Å²) in [6.07, 6.45) is 5.23. The number of alkyl halides is 1. The van der Waals surface area contributed by atoms with E-state index in [4.69, 9.17) is 36.3 Å². The number of aromatic nitrogens is 4. The van der Waals surface area contributed by atoms with Crippen LogP contribution in [-0.2, 0) is 22.6 Å². The summed E-state index contributed by atoms with van der Waals surface area (Å²) in [6.45, 7) is 9.95. The predicted molar refractivity (Wildman–Crippen MR) is 233 cm³/mol. The van der Waals surface area contributed by atoms with Crippen LogP contribution in [0.25, 0.3) is 20.4 Å². The summed E-state index contributed by atoms with van der Waals surface area (Å²) in [5.74, 6) is 1.53. The van der Waals surface area contributed by atoms with E-state index in [0.717, 1.165) is 89.9 Å². The third-order valence-corrected chi connectivity index (χ3v) is 11.9. The number of ketones is 2. The molecule has 6 aromatic rings. The summed E-state index contributed by atoms with van der Waals surface area (Å²) < 4.78 is 24.8. The van der Waals surface area contributed by atoms with Crippen LogP contribution in [0.2, 0.25) is 0 Å². The minimum absolute atomic E-state index is 0. The number of nitrogens with zero attached hydrogens (tertiary/aromatic N) is 4. The van der Waals surface area contributed by atoms with Gasteiger partial charge in [-0.05, 0) is 63.1 Å². The lowest BCUT2D eigenvalue weighted by Gasteiger charge is -2.12. The van der Waals surface area contributed by atoms with Crippen LogP contribution < -0.4 is 20.5 Å². The molecule has 0 aliphatic carbocycles. The smallest absolute Gasteiger partial charge is 0.212 e. The van der Waals surface area contributed by atoms with Crippen molar-refractivity contribution in [3.05, 3.63) is 93.2 Å². The molecule has 3 N–H and O–H groups in total. The number of aryl methyl sites for hydroxylation is 3. The number of rotatable bonds is 12. The number of nitrogens with two attached hydrogens (primary N) is 1. The van der Waals surface area contributed by atoms with E-state index in [1.54, 1.807) is 62.2 Å². The van der Waals surface area contributed by atoms with Crippen molar-refractivity contribution in [2.24, 2.45) is 5.73 Å². The van der Waals surface area contributed by atoms with Gasteiger partial charge in [-0.15, -0.1) is 46.7 Å². The molecule has 0 saturated carbocycles. The Morgan fingerprint density at radius 1 is 0.825 bits per heavy atom. The fourth-order valence-corrected chi connectivity index (χ4v) is 8.93. The van der Waals surface area contributed by atoms with E-state index in [-0.39, 0.29) is 31.4 Å². The molecule has 8 heterocycles. The molecule has 16 heteroatoms. The van der Waals surface area contributed by atoms with Crippen LogP contribution in [-0.4, -0.2) is 95.8 Å². The lowest BCUT2D eigenvalue weighted by molar-refractivity contribution is 0.103. The van der Waals surface area contributed by atoms with Crippen LogP contribution in [0.5, 0.6) is 11.8 Å². The molecular formula is C41H52Cl2N6O6S2. The summed E-state index contributed by atoms with van der Waals surface area (Å²) in [5.41, 5.74) is 8.92. The van der Waals surface area contributed by atoms with Gasteiger partial charge in [0.1, 0.15) is 9.66 Å². The van der Waals surface area contributed by atoms with E-state index in [9.17, 15) is 9.59 Å². The summed E-state index contributed by atoms with van der Waals surface area (Å²) in [7, 11) is 3.11. The van der Waals surface area contributed by atoms with Crippen LogP contribution in [0, 0.1) is 13.8 Å². The minimum atomic E-state index is -0.0218. The number of methoxy groups -OCH3 is 2. The van der Waals surface area contributed by atoms with E-state index in [1.807, 2.05) is 19.1 Å². The van der Waals surface area contributed by atoms with Crippen molar-refractivity contribution in [3.8, 4) is 11.8 Å². The summed E-state index contributed by atoms with van der Waals surface area (Å²) in [4.78, 5) is 37.2. The van der Waals surface area contributed by atoms with Crippen molar-refractivity contribution in [3.63, 3.8) is 0 Å². The molecule has 2 aliphatic heterocycles. The number of carbonyl (C=O) groups excluding carboxylic acids is 2. The van der Waals surface area contributed by atoms with Gasteiger partial charge in [0.15, 0.2) is 0 Å². The van der Waals surface area contributed by atoms with Gasteiger partial charge >= 0.3 is 0 Å². The van der Waals surface area contributed by atoms with Crippen molar-refractivity contribution < 1.29 is 28.5 Å². The highest BCUT2D eigenvalue weighted by atomic mass is 35.5. The number of hydrogen-bond donors (Lipinski definition) is 2. The Labute approximate surface area is 353 Å². The van der Waals surface area contributed by atoms with Gasteiger partial charge in [0.2, 0.25) is 23.3 Å². The second kappa shape index (κ2) is 21.8. The van der Waals surface area contributed by atoms with Gasteiger partial charge < -0.3 is 39.1 Å². The fourth-order valence-electron chi connectivity index (χ4n) is 6.39. The van der Waals surface area contributed by atoms with Crippen molar-refractivity contribution in [1.82, 2.24) is 24.4 Å². The molecule has 0 aromatic carbocycles. The lowest BCUT2D eigenvalue weighted by Crippen LogP contribution is -2.32.